The second kappa shape index (κ2) is 6.13. The molecule has 106 valence electrons. The lowest BCUT2D eigenvalue weighted by Gasteiger charge is -2.23. The SMILES string of the molecule is CC(C)Oc1nc(N(C)CC2CCCC2)ccc1N. The van der Waals surface area contributed by atoms with Crippen LogP contribution < -0.4 is 15.4 Å². The van der Waals surface area contributed by atoms with Crippen LogP contribution in [0.15, 0.2) is 12.1 Å². The Morgan fingerprint density at radius 1 is 1.37 bits per heavy atom. The molecule has 0 aromatic carbocycles. The lowest BCUT2D eigenvalue weighted by molar-refractivity contribution is 0.234. The monoisotopic (exact) mass is 263 g/mol. The Kier molecular flexibility index (Phi) is 4.51. The van der Waals surface area contributed by atoms with Crippen molar-refractivity contribution in [2.24, 2.45) is 5.92 Å². The van der Waals surface area contributed by atoms with Gasteiger partial charge in [0.1, 0.15) is 5.82 Å². The lowest BCUT2D eigenvalue weighted by Crippen LogP contribution is -2.25. The van der Waals surface area contributed by atoms with E-state index in [1.807, 2.05) is 26.0 Å². The molecule has 1 aliphatic rings. The minimum atomic E-state index is 0.0881. The normalized spacial score (nSPS) is 16.0. The first kappa shape index (κ1) is 14.0. The average molecular weight is 263 g/mol. The Balaban J connectivity index is 2.06. The summed E-state index contributed by atoms with van der Waals surface area (Å²) in [5, 5.41) is 0. The maximum absolute atomic E-state index is 5.90. The molecule has 1 fully saturated rings. The number of pyridine rings is 1. The van der Waals surface area contributed by atoms with E-state index in [9.17, 15) is 0 Å². The molecular weight excluding hydrogens is 238 g/mol. The molecule has 1 saturated carbocycles. The first-order valence-corrected chi connectivity index (χ1v) is 7.20. The van der Waals surface area contributed by atoms with E-state index < -0.39 is 0 Å². The zero-order valence-corrected chi connectivity index (χ0v) is 12.2. The molecule has 1 aliphatic carbocycles. The highest BCUT2D eigenvalue weighted by molar-refractivity contribution is 5.54. The van der Waals surface area contributed by atoms with Gasteiger partial charge in [0.05, 0.1) is 11.8 Å². The molecule has 4 heteroatoms. The van der Waals surface area contributed by atoms with E-state index in [1.165, 1.54) is 25.7 Å². The summed E-state index contributed by atoms with van der Waals surface area (Å²) in [6.45, 7) is 5.03. The second-order valence-corrected chi connectivity index (χ2v) is 5.76. The summed E-state index contributed by atoms with van der Waals surface area (Å²) in [5.74, 6) is 2.29. The quantitative estimate of drug-likeness (QED) is 0.887. The minimum absolute atomic E-state index is 0.0881. The molecule has 1 aromatic heterocycles. The van der Waals surface area contributed by atoms with E-state index in [4.69, 9.17) is 10.5 Å². The van der Waals surface area contributed by atoms with Gasteiger partial charge in [-0.1, -0.05) is 12.8 Å². The fraction of sp³-hybridized carbons (Fsp3) is 0.667. The van der Waals surface area contributed by atoms with E-state index in [0.717, 1.165) is 18.3 Å². The van der Waals surface area contributed by atoms with Crippen molar-refractivity contribution in [3.8, 4) is 5.88 Å². The fourth-order valence-corrected chi connectivity index (χ4v) is 2.65. The maximum atomic E-state index is 5.90. The van der Waals surface area contributed by atoms with Crippen molar-refractivity contribution in [1.29, 1.82) is 0 Å². The summed E-state index contributed by atoms with van der Waals surface area (Å²) in [4.78, 5) is 6.74. The van der Waals surface area contributed by atoms with Crippen LogP contribution in [0.1, 0.15) is 39.5 Å². The van der Waals surface area contributed by atoms with Crippen molar-refractivity contribution in [2.75, 3.05) is 24.2 Å². The summed E-state index contributed by atoms with van der Waals surface area (Å²) in [6.07, 6.45) is 5.51. The Hall–Kier alpha value is -1.45. The van der Waals surface area contributed by atoms with Gasteiger partial charge in [-0.25, -0.2) is 0 Å². The third-order valence-electron chi connectivity index (χ3n) is 3.62. The summed E-state index contributed by atoms with van der Waals surface area (Å²) >= 11 is 0. The number of ether oxygens (including phenoxy) is 1. The molecule has 19 heavy (non-hydrogen) atoms. The molecule has 0 aliphatic heterocycles. The van der Waals surface area contributed by atoms with E-state index >= 15 is 0 Å². The highest BCUT2D eigenvalue weighted by Gasteiger charge is 2.18. The number of hydrogen-bond donors (Lipinski definition) is 1. The molecule has 1 aromatic rings. The highest BCUT2D eigenvalue weighted by atomic mass is 16.5. The standard InChI is InChI=1S/C15H25N3O/c1-11(2)19-15-13(16)8-9-14(17-15)18(3)10-12-6-4-5-7-12/h8-9,11-12H,4-7,10,16H2,1-3H3. The Labute approximate surface area is 116 Å². The highest BCUT2D eigenvalue weighted by Crippen LogP contribution is 2.28. The smallest absolute Gasteiger partial charge is 0.239 e. The molecule has 0 saturated heterocycles. The van der Waals surface area contributed by atoms with Gasteiger partial charge in [-0.2, -0.15) is 4.98 Å². The van der Waals surface area contributed by atoms with Gasteiger partial charge in [0, 0.05) is 13.6 Å². The summed E-state index contributed by atoms with van der Waals surface area (Å²) in [7, 11) is 2.09. The predicted octanol–water partition coefficient (Wildman–Crippen LogP) is 3.08. The third kappa shape index (κ3) is 3.75. The predicted molar refractivity (Wildman–Crippen MR) is 79.6 cm³/mol. The van der Waals surface area contributed by atoms with Gasteiger partial charge < -0.3 is 15.4 Å². The van der Waals surface area contributed by atoms with Crippen LogP contribution in [0.3, 0.4) is 0 Å². The Bertz CT molecular complexity index is 414. The fourth-order valence-electron chi connectivity index (χ4n) is 2.65. The minimum Gasteiger partial charge on any atom is -0.473 e. The van der Waals surface area contributed by atoms with Crippen LogP contribution in [0.4, 0.5) is 11.5 Å². The number of nitrogens with two attached hydrogens (primary N) is 1. The molecule has 0 radical (unpaired) electrons. The van der Waals surface area contributed by atoms with Crippen LogP contribution in [0, 0.1) is 5.92 Å². The van der Waals surface area contributed by atoms with Gasteiger partial charge in [-0.05, 0) is 44.7 Å². The average Bonchev–Trinajstić information content (AvgIpc) is 2.84. The van der Waals surface area contributed by atoms with E-state index in [0.29, 0.717) is 11.6 Å². The molecule has 2 N–H and O–H groups in total. The van der Waals surface area contributed by atoms with Crippen LogP contribution in [-0.2, 0) is 0 Å². The van der Waals surface area contributed by atoms with Crippen LogP contribution in [0.5, 0.6) is 5.88 Å². The van der Waals surface area contributed by atoms with Crippen molar-refractivity contribution in [3.63, 3.8) is 0 Å². The molecule has 0 atom stereocenters. The molecular formula is C15H25N3O. The summed E-state index contributed by atoms with van der Waals surface area (Å²) in [5.41, 5.74) is 6.50. The van der Waals surface area contributed by atoms with Crippen LogP contribution in [0.2, 0.25) is 0 Å². The van der Waals surface area contributed by atoms with Crippen molar-refractivity contribution in [1.82, 2.24) is 4.98 Å². The zero-order valence-electron chi connectivity index (χ0n) is 12.2. The van der Waals surface area contributed by atoms with Crippen molar-refractivity contribution in [2.45, 2.75) is 45.6 Å². The number of nitrogen functional groups attached to an aromatic ring is 1. The lowest BCUT2D eigenvalue weighted by atomic mass is 10.1. The van der Waals surface area contributed by atoms with Crippen LogP contribution in [-0.4, -0.2) is 24.7 Å². The Morgan fingerprint density at radius 2 is 2.05 bits per heavy atom. The number of aromatic nitrogens is 1. The van der Waals surface area contributed by atoms with Crippen LogP contribution >= 0.6 is 0 Å². The molecule has 1 heterocycles. The Morgan fingerprint density at radius 3 is 2.68 bits per heavy atom. The zero-order chi connectivity index (χ0) is 13.8. The third-order valence-corrected chi connectivity index (χ3v) is 3.62. The van der Waals surface area contributed by atoms with Gasteiger partial charge in [0.25, 0.3) is 0 Å². The second-order valence-electron chi connectivity index (χ2n) is 5.76. The number of rotatable bonds is 5. The first-order chi connectivity index (χ1) is 9.06. The van der Waals surface area contributed by atoms with Crippen molar-refractivity contribution >= 4 is 11.5 Å². The molecule has 0 unspecified atom stereocenters. The van der Waals surface area contributed by atoms with Gasteiger partial charge in [0.15, 0.2) is 0 Å². The largest absolute Gasteiger partial charge is 0.473 e. The van der Waals surface area contributed by atoms with Gasteiger partial charge >= 0.3 is 0 Å². The van der Waals surface area contributed by atoms with Crippen molar-refractivity contribution in [3.05, 3.63) is 12.1 Å². The number of hydrogen-bond acceptors (Lipinski definition) is 4. The molecule has 2 rings (SSSR count). The summed E-state index contributed by atoms with van der Waals surface area (Å²) in [6, 6.07) is 3.85. The number of anilines is 2. The molecule has 4 nitrogen and oxygen atoms in total. The van der Waals surface area contributed by atoms with Gasteiger partial charge in [-0.15, -0.1) is 0 Å². The molecule has 0 spiro atoms. The molecule has 0 amide bonds. The van der Waals surface area contributed by atoms with Gasteiger partial charge in [-0.3, -0.25) is 0 Å². The topological polar surface area (TPSA) is 51.4 Å². The summed E-state index contributed by atoms with van der Waals surface area (Å²) < 4.78 is 5.64. The number of nitrogens with zero attached hydrogens (tertiary/aromatic N) is 2. The van der Waals surface area contributed by atoms with Crippen molar-refractivity contribution < 1.29 is 4.74 Å². The first-order valence-electron chi connectivity index (χ1n) is 7.20. The van der Waals surface area contributed by atoms with Crippen LogP contribution in [0.25, 0.3) is 0 Å². The van der Waals surface area contributed by atoms with E-state index in [2.05, 4.69) is 16.9 Å². The maximum Gasteiger partial charge on any atom is 0.239 e. The van der Waals surface area contributed by atoms with Gasteiger partial charge in [0.2, 0.25) is 5.88 Å². The molecule has 0 bridgehead atoms. The van der Waals surface area contributed by atoms with E-state index in [1.54, 1.807) is 0 Å². The van der Waals surface area contributed by atoms with E-state index in [-0.39, 0.29) is 6.10 Å².